The van der Waals surface area contributed by atoms with Crippen LogP contribution in [0, 0.1) is 0 Å². The van der Waals surface area contributed by atoms with Gasteiger partial charge in [-0.05, 0) is 42.0 Å². The molecular weight excluding hydrogens is 373 g/mol. The quantitative estimate of drug-likeness (QED) is 0.812. The van der Waals surface area contributed by atoms with Gasteiger partial charge in [-0.1, -0.05) is 12.1 Å². The Kier molecular flexibility index (Phi) is 6.53. The van der Waals surface area contributed by atoms with E-state index in [4.69, 9.17) is 4.74 Å². The summed E-state index contributed by atoms with van der Waals surface area (Å²) in [5.74, 6) is -0.204. The number of benzene rings is 2. The molecular formula is C20H21F3N2O3. The van der Waals surface area contributed by atoms with E-state index >= 15 is 0 Å². The highest BCUT2D eigenvalue weighted by Crippen LogP contribution is 2.20. The lowest BCUT2D eigenvalue weighted by Gasteiger charge is -2.26. The molecule has 1 amide bonds. The number of alkyl halides is 3. The average molecular weight is 394 g/mol. The van der Waals surface area contributed by atoms with Crippen LogP contribution >= 0.6 is 0 Å². The second-order valence-corrected chi connectivity index (χ2v) is 6.47. The summed E-state index contributed by atoms with van der Waals surface area (Å²) in [5.41, 5.74) is 2.09. The summed E-state index contributed by atoms with van der Waals surface area (Å²) in [6, 6.07) is 13.1. The number of ether oxygens (including phenoxy) is 2. The van der Waals surface area contributed by atoms with Crippen LogP contribution in [0.3, 0.4) is 0 Å². The third-order valence-corrected chi connectivity index (χ3v) is 4.24. The van der Waals surface area contributed by atoms with Crippen LogP contribution in [0.2, 0.25) is 0 Å². The molecule has 2 aromatic rings. The molecule has 0 atom stereocenters. The Morgan fingerprint density at radius 1 is 1.04 bits per heavy atom. The van der Waals surface area contributed by atoms with Gasteiger partial charge in [-0.3, -0.25) is 9.69 Å². The van der Waals surface area contributed by atoms with Crippen LogP contribution in [-0.2, 0) is 11.3 Å². The minimum Gasteiger partial charge on any atom is -0.484 e. The maximum Gasteiger partial charge on any atom is 0.422 e. The number of hydrogen-bond donors (Lipinski definition) is 1. The Balaban J connectivity index is 1.52. The number of amides is 1. The lowest BCUT2D eigenvalue weighted by molar-refractivity contribution is -0.153. The first-order valence-corrected chi connectivity index (χ1v) is 8.89. The first-order valence-electron chi connectivity index (χ1n) is 8.89. The summed E-state index contributed by atoms with van der Waals surface area (Å²) in [5, 5.41) is 2.71. The van der Waals surface area contributed by atoms with E-state index in [1.165, 1.54) is 24.3 Å². The standard InChI is InChI=1S/C20H21F3N2O3/c21-20(22,23)14-28-18-7-5-17(6-8-18)24-19(26)16-3-1-15(2-4-16)13-25-9-11-27-12-10-25/h1-8H,9-14H2,(H,24,26). The molecule has 150 valence electrons. The largest absolute Gasteiger partial charge is 0.484 e. The van der Waals surface area contributed by atoms with Gasteiger partial charge in [0.15, 0.2) is 6.61 Å². The zero-order valence-electron chi connectivity index (χ0n) is 15.2. The van der Waals surface area contributed by atoms with Crippen LogP contribution in [-0.4, -0.2) is 49.9 Å². The van der Waals surface area contributed by atoms with Crippen molar-refractivity contribution >= 4 is 11.6 Å². The molecule has 28 heavy (non-hydrogen) atoms. The highest BCUT2D eigenvalue weighted by atomic mass is 19.4. The van der Waals surface area contributed by atoms with Crippen molar-refractivity contribution in [2.45, 2.75) is 12.7 Å². The molecule has 0 spiro atoms. The van der Waals surface area contributed by atoms with Crippen LogP contribution in [0.5, 0.6) is 5.75 Å². The van der Waals surface area contributed by atoms with Crippen molar-refractivity contribution < 1.29 is 27.4 Å². The molecule has 0 bridgehead atoms. The van der Waals surface area contributed by atoms with Gasteiger partial charge in [0.2, 0.25) is 0 Å². The normalized spacial score (nSPS) is 15.2. The van der Waals surface area contributed by atoms with E-state index in [0.29, 0.717) is 11.3 Å². The monoisotopic (exact) mass is 394 g/mol. The molecule has 0 radical (unpaired) electrons. The average Bonchev–Trinajstić information content (AvgIpc) is 2.68. The topological polar surface area (TPSA) is 50.8 Å². The Bertz CT molecular complexity index is 771. The smallest absolute Gasteiger partial charge is 0.422 e. The third-order valence-electron chi connectivity index (χ3n) is 4.24. The summed E-state index contributed by atoms with van der Waals surface area (Å²) in [4.78, 5) is 14.6. The molecule has 0 aliphatic carbocycles. The first-order chi connectivity index (χ1) is 13.4. The number of carbonyl (C=O) groups is 1. The molecule has 1 N–H and O–H groups in total. The van der Waals surface area contributed by atoms with Gasteiger partial charge in [-0.2, -0.15) is 13.2 Å². The zero-order chi connectivity index (χ0) is 20.0. The van der Waals surface area contributed by atoms with Crippen molar-refractivity contribution in [3.05, 3.63) is 59.7 Å². The molecule has 1 heterocycles. The number of halogens is 3. The summed E-state index contributed by atoms with van der Waals surface area (Å²) in [6.45, 7) is 2.72. The number of rotatable bonds is 6. The van der Waals surface area contributed by atoms with Crippen molar-refractivity contribution in [1.82, 2.24) is 4.90 Å². The number of carbonyl (C=O) groups excluding carboxylic acids is 1. The summed E-state index contributed by atoms with van der Waals surface area (Å²) in [7, 11) is 0. The number of anilines is 1. The van der Waals surface area contributed by atoms with Gasteiger partial charge >= 0.3 is 6.18 Å². The summed E-state index contributed by atoms with van der Waals surface area (Å²) >= 11 is 0. The minimum atomic E-state index is -4.39. The van der Waals surface area contributed by atoms with Crippen LogP contribution in [0.1, 0.15) is 15.9 Å². The first kappa shape index (κ1) is 20.2. The number of nitrogens with one attached hydrogen (secondary N) is 1. The predicted octanol–water partition coefficient (Wildman–Crippen LogP) is 3.71. The molecule has 8 heteroatoms. The Hall–Kier alpha value is -2.58. The fourth-order valence-corrected chi connectivity index (χ4v) is 2.78. The van der Waals surface area contributed by atoms with E-state index < -0.39 is 12.8 Å². The van der Waals surface area contributed by atoms with Gasteiger partial charge in [0.05, 0.1) is 13.2 Å². The van der Waals surface area contributed by atoms with Crippen LogP contribution in [0.4, 0.5) is 18.9 Å². The van der Waals surface area contributed by atoms with Crippen molar-refractivity contribution in [1.29, 1.82) is 0 Å². The van der Waals surface area contributed by atoms with Gasteiger partial charge < -0.3 is 14.8 Å². The van der Waals surface area contributed by atoms with Gasteiger partial charge in [0, 0.05) is 30.9 Å². The molecule has 5 nitrogen and oxygen atoms in total. The second-order valence-electron chi connectivity index (χ2n) is 6.47. The summed E-state index contributed by atoms with van der Waals surface area (Å²) in [6.07, 6.45) is -4.39. The number of hydrogen-bond acceptors (Lipinski definition) is 4. The van der Waals surface area contributed by atoms with E-state index in [1.54, 1.807) is 12.1 Å². The lowest BCUT2D eigenvalue weighted by Crippen LogP contribution is -2.35. The van der Waals surface area contributed by atoms with Crippen LogP contribution < -0.4 is 10.1 Å². The fraction of sp³-hybridized carbons (Fsp3) is 0.350. The van der Waals surface area contributed by atoms with Gasteiger partial charge in [-0.15, -0.1) is 0 Å². The lowest BCUT2D eigenvalue weighted by atomic mass is 10.1. The Labute approximate surface area is 161 Å². The number of morpholine rings is 1. The maximum absolute atomic E-state index is 12.3. The molecule has 0 unspecified atom stereocenters. The molecule has 2 aromatic carbocycles. The van der Waals surface area contributed by atoms with Crippen molar-refractivity contribution in [3.63, 3.8) is 0 Å². The molecule has 1 saturated heterocycles. The van der Waals surface area contributed by atoms with Crippen molar-refractivity contribution in [3.8, 4) is 5.75 Å². The van der Waals surface area contributed by atoms with Crippen molar-refractivity contribution in [2.24, 2.45) is 0 Å². The molecule has 1 aliphatic heterocycles. The Morgan fingerprint density at radius 3 is 2.29 bits per heavy atom. The highest BCUT2D eigenvalue weighted by molar-refractivity contribution is 6.04. The molecule has 1 aliphatic rings. The highest BCUT2D eigenvalue weighted by Gasteiger charge is 2.28. The van der Waals surface area contributed by atoms with E-state index in [0.717, 1.165) is 38.4 Å². The molecule has 0 aromatic heterocycles. The van der Waals surface area contributed by atoms with E-state index in [-0.39, 0.29) is 11.7 Å². The summed E-state index contributed by atoms with van der Waals surface area (Å²) < 4.78 is 46.4. The molecule has 0 saturated carbocycles. The molecule has 3 rings (SSSR count). The minimum absolute atomic E-state index is 0.0859. The van der Waals surface area contributed by atoms with Gasteiger partial charge in [-0.25, -0.2) is 0 Å². The number of nitrogens with zero attached hydrogens (tertiary/aromatic N) is 1. The fourth-order valence-electron chi connectivity index (χ4n) is 2.78. The van der Waals surface area contributed by atoms with E-state index in [9.17, 15) is 18.0 Å². The van der Waals surface area contributed by atoms with E-state index in [1.807, 2.05) is 12.1 Å². The van der Waals surface area contributed by atoms with Crippen LogP contribution in [0.15, 0.2) is 48.5 Å². The van der Waals surface area contributed by atoms with Crippen LogP contribution in [0.25, 0.3) is 0 Å². The zero-order valence-corrected chi connectivity index (χ0v) is 15.2. The van der Waals surface area contributed by atoms with E-state index in [2.05, 4.69) is 15.0 Å². The van der Waals surface area contributed by atoms with Crippen molar-refractivity contribution in [2.75, 3.05) is 38.2 Å². The Morgan fingerprint density at radius 2 is 1.68 bits per heavy atom. The predicted molar refractivity (Wildman–Crippen MR) is 98.5 cm³/mol. The third kappa shape index (κ3) is 6.24. The van der Waals surface area contributed by atoms with Gasteiger partial charge in [0.1, 0.15) is 5.75 Å². The second kappa shape index (κ2) is 9.07. The molecule has 1 fully saturated rings. The van der Waals surface area contributed by atoms with Gasteiger partial charge in [0.25, 0.3) is 5.91 Å². The maximum atomic E-state index is 12.3. The SMILES string of the molecule is O=C(Nc1ccc(OCC(F)(F)F)cc1)c1ccc(CN2CCOCC2)cc1.